The summed E-state index contributed by atoms with van der Waals surface area (Å²) in [7, 11) is -10.0. The first-order chi connectivity index (χ1) is 51.7. The number of hydrogen-bond donors (Lipinski definition) is 3. The van der Waals surface area contributed by atoms with Crippen LogP contribution in [-0.4, -0.2) is 96.7 Å². The fraction of sp³-hybridized carbons (Fsp3) is 0.678. The molecule has 0 heterocycles. The number of unbranched alkanes of at least 4 members (excludes halogenated alkanes) is 26. The van der Waals surface area contributed by atoms with E-state index < -0.39 is 97.5 Å². The van der Waals surface area contributed by atoms with Crippen LogP contribution in [0.15, 0.2) is 146 Å². The molecule has 17 nitrogen and oxygen atoms in total. The Morgan fingerprint density at radius 3 is 0.849 bits per heavy atom. The lowest BCUT2D eigenvalue weighted by Crippen LogP contribution is -2.30. The van der Waals surface area contributed by atoms with Crippen LogP contribution in [-0.2, 0) is 65.4 Å². The van der Waals surface area contributed by atoms with Crippen molar-refractivity contribution in [2.24, 2.45) is 0 Å². The van der Waals surface area contributed by atoms with E-state index in [9.17, 15) is 43.2 Å². The molecule has 19 heteroatoms. The van der Waals surface area contributed by atoms with Crippen molar-refractivity contribution in [2.75, 3.05) is 39.6 Å². The van der Waals surface area contributed by atoms with Gasteiger partial charge in [-0.25, -0.2) is 9.13 Å². The molecular formula is C87H146O17P2. The van der Waals surface area contributed by atoms with Crippen LogP contribution in [0.2, 0.25) is 0 Å². The summed E-state index contributed by atoms with van der Waals surface area (Å²) in [5.74, 6) is -2.32. The van der Waals surface area contributed by atoms with Gasteiger partial charge >= 0.3 is 39.5 Å². The molecule has 0 spiro atoms. The molecule has 0 rings (SSSR count). The maximum absolute atomic E-state index is 13.1. The van der Waals surface area contributed by atoms with E-state index in [1.807, 2.05) is 18.2 Å². The third-order valence-corrected chi connectivity index (χ3v) is 18.7. The van der Waals surface area contributed by atoms with E-state index in [0.717, 1.165) is 167 Å². The van der Waals surface area contributed by atoms with Crippen LogP contribution in [0.3, 0.4) is 0 Å². The summed E-state index contributed by atoms with van der Waals surface area (Å²) >= 11 is 0. The minimum Gasteiger partial charge on any atom is -0.462 e. The summed E-state index contributed by atoms with van der Waals surface area (Å²) in [5, 5.41) is 10.6. The van der Waals surface area contributed by atoms with Crippen LogP contribution >= 0.6 is 15.6 Å². The van der Waals surface area contributed by atoms with Gasteiger partial charge in [-0.05, 0) is 161 Å². The lowest BCUT2D eigenvalue weighted by molar-refractivity contribution is -0.161. The predicted octanol–water partition coefficient (Wildman–Crippen LogP) is 24.2. The predicted molar refractivity (Wildman–Crippen MR) is 436 cm³/mol. The van der Waals surface area contributed by atoms with E-state index >= 15 is 0 Å². The number of aliphatic hydroxyl groups excluding tert-OH is 1. The van der Waals surface area contributed by atoms with Gasteiger partial charge in [0.25, 0.3) is 0 Å². The Balaban J connectivity index is 5.46. The van der Waals surface area contributed by atoms with Gasteiger partial charge in [-0.1, -0.05) is 283 Å². The minimum atomic E-state index is -5.01. The van der Waals surface area contributed by atoms with Gasteiger partial charge in [0.2, 0.25) is 0 Å². The smallest absolute Gasteiger partial charge is 0.462 e. The monoisotopic (exact) mass is 1530 g/mol. The van der Waals surface area contributed by atoms with Crippen molar-refractivity contribution >= 4 is 39.5 Å². The zero-order chi connectivity index (χ0) is 77.4. The van der Waals surface area contributed by atoms with Crippen molar-refractivity contribution in [1.82, 2.24) is 0 Å². The fourth-order valence-corrected chi connectivity index (χ4v) is 12.1. The maximum Gasteiger partial charge on any atom is 0.472 e. The largest absolute Gasteiger partial charge is 0.472 e. The Hall–Kier alpha value is -5.06. The quantitative estimate of drug-likeness (QED) is 0.0169. The Morgan fingerprint density at radius 1 is 0.274 bits per heavy atom. The van der Waals surface area contributed by atoms with Crippen LogP contribution in [0, 0.1) is 0 Å². The van der Waals surface area contributed by atoms with Gasteiger partial charge in [-0.2, -0.15) is 0 Å². The van der Waals surface area contributed by atoms with Crippen molar-refractivity contribution < 1.29 is 80.2 Å². The molecule has 2 unspecified atom stereocenters. The zero-order valence-electron chi connectivity index (χ0n) is 66.3. The van der Waals surface area contributed by atoms with Crippen LogP contribution < -0.4 is 0 Å². The highest BCUT2D eigenvalue weighted by atomic mass is 31.2. The second-order valence-corrected chi connectivity index (χ2v) is 29.9. The molecule has 0 aromatic rings. The summed E-state index contributed by atoms with van der Waals surface area (Å²) in [6, 6.07) is 0. The van der Waals surface area contributed by atoms with Gasteiger partial charge in [0.1, 0.15) is 19.3 Å². The van der Waals surface area contributed by atoms with Crippen LogP contribution in [0.25, 0.3) is 0 Å². The van der Waals surface area contributed by atoms with Gasteiger partial charge in [0, 0.05) is 25.7 Å². The van der Waals surface area contributed by atoms with Crippen molar-refractivity contribution in [3.63, 3.8) is 0 Å². The lowest BCUT2D eigenvalue weighted by Gasteiger charge is -2.21. The Bertz CT molecular complexity index is 2580. The Morgan fingerprint density at radius 2 is 0.509 bits per heavy atom. The average Bonchev–Trinajstić information content (AvgIpc) is 0.899. The molecule has 0 amide bonds. The first-order valence-corrected chi connectivity index (χ1v) is 44.1. The van der Waals surface area contributed by atoms with Crippen LogP contribution in [0.5, 0.6) is 0 Å². The lowest BCUT2D eigenvalue weighted by atomic mass is 10.1. The molecule has 0 aliphatic carbocycles. The molecule has 0 aliphatic rings. The van der Waals surface area contributed by atoms with Gasteiger partial charge in [-0.3, -0.25) is 37.3 Å². The summed E-state index contributed by atoms with van der Waals surface area (Å²) in [6.45, 7) is 4.58. The third kappa shape index (κ3) is 77.1. The van der Waals surface area contributed by atoms with Gasteiger partial charge in [0.05, 0.1) is 26.4 Å². The van der Waals surface area contributed by atoms with Gasteiger partial charge in [0.15, 0.2) is 12.2 Å². The number of carbonyl (C=O) groups excluding carboxylic acids is 4. The third-order valence-electron chi connectivity index (χ3n) is 16.8. The summed E-state index contributed by atoms with van der Waals surface area (Å²) < 4.78 is 68.5. The SMILES string of the molecule is CC/C=C\C/C=C\C/C=C\C/C=C\C/C=C\CCCCCC(=O)OC[C@H](COP(=O)(O)OC[C@@H](O)COP(=O)(O)OC[C@@H](COC(=O)CCCCCCCCC/C=C\CCCCCC)OC(=O)CC/C=C\C/C=C\C/C=C\C/C=C\C/C=C\CCCCC)OC(=O)CCCCCCC/C=C\CCCCCC. The van der Waals surface area contributed by atoms with Crippen molar-refractivity contribution in [3.05, 3.63) is 146 Å². The second kappa shape index (κ2) is 78.1. The number of allylic oxidation sites excluding steroid dienone is 24. The van der Waals surface area contributed by atoms with Crippen molar-refractivity contribution in [1.29, 1.82) is 0 Å². The molecule has 0 saturated heterocycles. The number of phosphoric acid groups is 2. The van der Waals surface area contributed by atoms with Crippen molar-refractivity contribution in [3.8, 4) is 0 Å². The number of phosphoric ester groups is 2. The molecule has 3 N–H and O–H groups in total. The molecule has 0 aromatic heterocycles. The van der Waals surface area contributed by atoms with Crippen LogP contribution in [0.4, 0.5) is 0 Å². The summed E-state index contributed by atoms with van der Waals surface area (Å²) in [5.41, 5.74) is 0. The highest BCUT2D eigenvalue weighted by Gasteiger charge is 2.30. The van der Waals surface area contributed by atoms with E-state index in [1.165, 1.54) is 70.6 Å². The fourth-order valence-electron chi connectivity index (χ4n) is 10.5. The average molecular weight is 1530 g/mol. The number of aliphatic hydroxyl groups is 1. The zero-order valence-corrected chi connectivity index (χ0v) is 68.1. The number of carbonyl (C=O) groups is 4. The molecule has 0 radical (unpaired) electrons. The minimum absolute atomic E-state index is 0.0328. The molecule has 106 heavy (non-hydrogen) atoms. The van der Waals surface area contributed by atoms with E-state index in [1.54, 1.807) is 0 Å². The number of rotatable bonds is 76. The van der Waals surface area contributed by atoms with E-state index in [-0.39, 0.29) is 25.7 Å². The summed E-state index contributed by atoms with van der Waals surface area (Å²) in [4.78, 5) is 73.0. The van der Waals surface area contributed by atoms with Gasteiger partial charge in [-0.15, -0.1) is 0 Å². The number of esters is 4. The van der Waals surface area contributed by atoms with Gasteiger partial charge < -0.3 is 33.8 Å². The number of hydrogen-bond acceptors (Lipinski definition) is 15. The normalized spacial score (nSPS) is 14.6. The first-order valence-electron chi connectivity index (χ1n) is 41.1. The maximum atomic E-state index is 13.1. The van der Waals surface area contributed by atoms with Crippen LogP contribution in [0.1, 0.15) is 323 Å². The highest BCUT2D eigenvalue weighted by molar-refractivity contribution is 7.47. The van der Waals surface area contributed by atoms with Crippen molar-refractivity contribution in [2.45, 2.75) is 341 Å². The van der Waals surface area contributed by atoms with E-state index in [4.69, 9.17) is 37.0 Å². The molecule has 0 bridgehead atoms. The highest BCUT2D eigenvalue weighted by Crippen LogP contribution is 2.45. The topological polar surface area (TPSA) is 237 Å². The molecular weight excluding hydrogens is 1380 g/mol. The number of ether oxygens (including phenoxy) is 4. The molecule has 0 aromatic carbocycles. The summed E-state index contributed by atoms with van der Waals surface area (Å²) in [6.07, 6.45) is 89.8. The van der Waals surface area contributed by atoms with E-state index in [0.29, 0.717) is 32.1 Å². The first kappa shape index (κ1) is 101. The van der Waals surface area contributed by atoms with E-state index in [2.05, 4.69) is 155 Å². The Labute approximate surface area is 643 Å². The standard InChI is InChI=1S/C87H146O17P2/c1-5-9-13-17-21-25-29-33-36-38-40-42-45-49-52-56-60-64-68-72-85(90)98-77-82(103-86(91)73-69-65-61-57-53-47-32-28-24-20-16-12-8-4)79-101-105(93,94)99-75-81(88)76-100-106(95,96)102-80-83(78-97-84(89)71-67-63-59-55-51-48-44-35-31-27-23-19-15-11-7-3)104-87(92)74-70-66-62-58-54-50-46-43-41-39-37-34-30-26-22-18-14-10-6-2/h9,13,21-22,25-28,31-34,36-37,40-43,49-50,52,54,62,66,81-83,88H,5-8,10-12,14-20,23-24,29-30,35,38-39,44-48,51,53,55-61,63-65,67-80H2,1-4H3,(H,93,94)(H,95,96)/b13-9-,25-21-,26-22-,31-27-,32-28-,36-33-,37-34-,42-40-,43-41-,52-49-,54-50-,66-62-/t81-,82-,83-/m1/s1. The molecule has 0 aliphatic heterocycles. The molecule has 5 atom stereocenters. The molecule has 606 valence electrons. The second-order valence-electron chi connectivity index (χ2n) is 27.0. The Kier molecular flexibility index (Phi) is 74.3. The molecule has 0 saturated carbocycles. The molecule has 0 fully saturated rings.